The lowest BCUT2D eigenvalue weighted by molar-refractivity contribution is -0.138. The van der Waals surface area contributed by atoms with Gasteiger partial charge in [-0.1, -0.05) is 19.8 Å². The van der Waals surface area contributed by atoms with Crippen molar-refractivity contribution in [1.29, 1.82) is 0 Å². The normalized spacial score (nSPS) is 27.7. The van der Waals surface area contributed by atoms with Crippen molar-refractivity contribution in [1.82, 2.24) is 4.90 Å². The van der Waals surface area contributed by atoms with Crippen LogP contribution in [0.15, 0.2) is 0 Å². The molecule has 0 radical (unpaired) electrons. The van der Waals surface area contributed by atoms with Crippen LogP contribution in [-0.2, 0) is 4.79 Å². The van der Waals surface area contributed by atoms with E-state index in [0.717, 1.165) is 25.3 Å². The SMILES string of the molecule is CCCC1CCCN(CC2(CC(=O)O)CC2)CC1. The van der Waals surface area contributed by atoms with Crippen LogP contribution in [0.4, 0.5) is 0 Å². The molecular weight excluding hydrogens is 226 g/mol. The van der Waals surface area contributed by atoms with Crippen LogP contribution in [-0.4, -0.2) is 35.6 Å². The summed E-state index contributed by atoms with van der Waals surface area (Å²) in [7, 11) is 0. The Kier molecular flexibility index (Phi) is 4.66. The Morgan fingerprint density at radius 1 is 1.33 bits per heavy atom. The van der Waals surface area contributed by atoms with Crippen molar-refractivity contribution in [3.63, 3.8) is 0 Å². The van der Waals surface area contributed by atoms with E-state index in [1.807, 2.05) is 0 Å². The van der Waals surface area contributed by atoms with Gasteiger partial charge in [-0.25, -0.2) is 0 Å². The van der Waals surface area contributed by atoms with Gasteiger partial charge in [0.05, 0.1) is 6.42 Å². The number of hydrogen-bond donors (Lipinski definition) is 1. The number of rotatable bonds is 6. The highest BCUT2D eigenvalue weighted by molar-refractivity contribution is 5.68. The van der Waals surface area contributed by atoms with Gasteiger partial charge in [0.2, 0.25) is 0 Å². The molecule has 3 heteroatoms. The largest absolute Gasteiger partial charge is 0.481 e. The molecule has 0 spiro atoms. The summed E-state index contributed by atoms with van der Waals surface area (Å²) in [5.41, 5.74) is 0.135. The van der Waals surface area contributed by atoms with Gasteiger partial charge in [0, 0.05) is 6.54 Å². The molecule has 18 heavy (non-hydrogen) atoms. The molecule has 2 fully saturated rings. The fraction of sp³-hybridized carbons (Fsp3) is 0.933. The molecule has 1 saturated carbocycles. The molecule has 1 aliphatic heterocycles. The van der Waals surface area contributed by atoms with E-state index in [1.165, 1.54) is 45.2 Å². The molecule has 0 amide bonds. The number of carboxylic acids is 1. The highest BCUT2D eigenvalue weighted by atomic mass is 16.4. The maximum absolute atomic E-state index is 10.9. The van der Waals surface area contributed by atoms with Crippen molar-refractivity contribution in [3.05, 3.63) is 0 Å². The molecule has 1 atom stereocenters. The number of carbonyl (C=O) groups is 1. The van der Waals surface area contributed by atoms with Crippen LogP contribution in [0.25, 0.3) is 0 Å². The van der Waals surface area contributed by atoms with E-state index in [4.69, 9.17) is 5.11 Å². The predicted molar refractivity (Wildman–Crippen MR) is 72.6 cm³/mol. The third-order valence-electron chi connectivity index (χ3n) is 4.68. The summed E-state index contributed by atoms with van der Waals surface area (Å²) < 4.78 is 0. The highest BCUT2D eigenvalue weighted by Crippen LogP contribution is 2.49. The molecular formula is C15H27NO2. The second-order valence-electron chi connectivity index (χ2n) is 6.43. The zero-order chi connectivity index (χ0) is 13.0. The Labute approximate surface area is 111 Å². The van der Waals surface area contributed by atoms with E-state index in [9.17, 15) is 4.79 Å². The molecule has 1 saturated heterocycles. The van der Waals surface area contributed by atoms with Crippen molar-refractivity contribution in [2.75, 3.05) is 19.6 Å². The second-order valence-corrected chi connectivity index (χ2v) is 6.43. The van der Waals surface area contributed by atoms with E-state index < -0.39 is 5.97 Å². The maximum Gasteiger partial charge on any atom is 0.303 e. The highest BCUT2D eigenvalue weighted by Gasteiger charge is 2.45. The minimum atomic E-state index is -0.619. The summed E-state index contributed by atoms with van der Waals surface area (Å²) in [5.74, 6) is 0.292. The van der Waals surface area contributed by atoms with Gasteiger partial charge < -0.3 is 10.0 Å². The van der Waals surface area contributed by atoms with E-state index in [0.29, 0.717) is 6.42 Å². The first kappa shape index (κ1) is 13.9. The molecule has 0 aromatic rings. The van der Waals surface area contributed by atoms with Gasteiger partial charge in [-0.2, -0.15) is 0 Å². The van der Waals surface area contributed by atoms with Crippen molar-refractivity contribution in [2.45, 2.75) is 58.3 Å². The second kappa shape index (κ2) is 6.05. The van der Waals surface area contributed by atoms with Gasteiger partial charge in [0.25, 0.3) is 0 Å². The average Bonchev–Trinajstić information content (AvgIpc) is 3.06. The fourth-order valence-corrected chi connectivity index (χ4v) is 3.44. The quantitative estimate of drug-likeness (QED) is 0.790. The molecule has 2 rings (SSSR count). The van der Waals surface area contributed by atoms with Gasteiger partial charge in [-0.3, -0.25) is 4.79 Å². The summed E-state index contributed by atoms with van der Waals surface area (Å²) >= 11 is 0. The van der Waals surface area contributed by atoms with Gasteiger partial charge in [-0.15, -0.1) is 0 Å². The minimum Gasteiger partial charge on any atom is -0.481 e. The molecule has 1 aliphatic carbocycles. The monoisotopic (exact) mass is 253 g/mol. The lowest BCUT2D eigenvalue weighted by Crippen LogP contribution is -2.32. The van der Waals surface area contributed by atoms with E-state index in [-0.39, 0.29) is 5.41 Å². The number of nitrogens with zero attached hydrogens (tertiary/aromatic N) is 1. The molecule has 0 bridgehead atoms. The number of aliphatic carboxylic acids is 1. The van der Waals surface area contributed by atoms with Crippen molar-refractivity contribution < 1.29 is 9.90 Å². The van der Waals surface area contributed by atoms with Crippen LogP contribution in [0.1, 0.15) is 58.3 Å². The molecule has 3 nitrogen and oxygen atoms in total. The average molecular weight is 253 g/mol. The topological polar surface area (TPSA) is 40.5 Å². The van der Waals surface area contributed by atoms with Crippen molar-refractivity contribution in [3.8, 4) is 0 Å². The first-order valence-corrected chi connectivity index (χ1v) is 7.58. The summed E-state index contributed by atoms with van der Waals surface area (Å²) in [4.78, 5) is 13.4. The minimum absolute atomic E-state index is 0.135. The Balaban J connectivity index is 1.78. The van der Waals surface area contributed by atoms with Crippen molar-refractivity contribution in [2.24, 2.45) is 11.3 Å². The molecule has 1 heterocycles. The van der Waals surface area contributed by atoms with Crippen LogP contribution in [0.2, 0.25) is 0 Å². The number of hydrogen-bond acceptors (Lipinski definition) is 2. The summed E-state index contributed by atoms with van der Waals surface area (Å²) in [6, 6.07) is 0. The molecule has 0 aromatic heterocycles. The lowest BCUT2D eigenvalue weighted by Gasteiger charge is -2.25. The third kappa shape index (κ3) is 3.98. The van der Waals surface area contributed by atoms with E-state index in [2.05, 4.69) is 11.8 Å². The lowest BCUT2D eigenvalue weighted by atomic mass is 9.96. The van der Waals surface area contributed by atoms with Crippen LogP contribution < -0.4 is 0 Å². The van der Waals surface area contributed by atoms with Gasteiger partial charge >= 0.3 is 5.97 Å². The zero-order valence-electron chi connectivity index (χ0n) is 11.7. The molecule has 104 valence electrons. The Bertz CT molecular complexity index is 286. The van der Waals surface area contributed by atoms with Gasteiger partial charge in [-0.05, 0) is 56.5 Å². The smallest absolute Gasteiger partial charge is 0.303 e. The predicted octanol–water partition coefficient (Wildman–Crippen LogP) is 3.14. The third-order valence-corrected chi connectivity index (χ3v) is 4.68. The van der Waals surface area contributed by atoms with Crippen LogP contribution in [0, 0.1) is 11.3 Å². The molecule has 1 unspecified atom stereocenters. The van der Waals surface area contributed by atoms with E-state index in [1.54, 1.807) is 0 Å². The zero-order valence-corrected chi connectivity index (χ0v) is 11.7. The summed E-state index contributed by atoms with van der Waals surface area (Å²) in [5, 5.41) is 8.97. The molecule has 1 N–H and O–H groups in total. The molecule has 2 aliphatic rings. The number of carboxylic acid groups (broad SMARTS) is 1. The first-order valence-electron chi connectivity index (χ1n) is 7.58. The molecule has 0 aromatic carbocycles. The van der Waals surface area contributed by atoms with Crippen molar-refractivity contribution >= 4 is 5.97 Å². The van der Waals surface area contributed by atoms with Crippen LogP contribution >= 0.6 is 0 Å². The summed E-state index contributed by atoms with van der Waals surface area (Å²) in [6.45, 7) is 5.67. The first-order chi connectivity index (χ1) is 8.63. The van der Waals surface area contributed by atoms with E-state index >= 15 is 0 Å². The standard InChI is InChI=1S/C15H27NO2/c1-2-4-13-5-3-9-16(10-6-13)12-15(7-8-15)11-14(17)18/h13H,2-12H2,1H3,(H,17,18). The Morgan fingerprint density at radius 3 is 2.72 bits per heavy atom. The van der Waals surface area contributed by atoms with Gasteiger partial charge in [0.15, 0.2) is 0 Å². The van der Waals surface area contributed by atoms with Crippen LogP contribution in [0.3, 0.4) is 0 Å². The maximum atomic E-state index is 10.9. The number of likely N-dealkylation sites (tertiary alicyclic amines) is 1. The fourth-order valence-electron chi connectivity index (χ4n) is 3.44. The van der Waals surface area contributed by atoms with Gasteiger partial charge in [0.1, 0.15) is 0 Å². The van der Waals surface area contributed by atoms with Crippen LogP contribution in [0.5, 0.6) is 0 Å². The summed E-state index contributed by atoms with van der Waals surface area (Å²) in [6.07, 6.45) is 9.27. The Hall–Kier alpha value is -0.570. The Morgan fingerprint density at radius 2 is 2.11 bits per heavy atom.